The zero-order valence-electron chi connectivity index (χ0n) is 12.4. The van der Waals surface area contributed by atoms with Crippen molar-refractivity contribution in [3.63, 3.8) is 0 Å². The third-order valence-electron chi connectivity index (χ3n) is 3.23. The van der Waals surface area contributed by atoms with Gasteiger partial charge in [0.15, 0.2) is 17.5 Å². The van der Waals surface area contributed by atoms with Gasteiger partial charge in [0.25, 0.3) is 0 Å². The van der Waals surface area contributed by atoms with E-state index in [1.54, 1.807) is 21.3 Å². The highest BCUT2D eigenvalue weighted by Gasteiger charge is 2.15. The van der Waals surface area contributed by atoms with Gasteiger partial charge in [0.2, 0.25) is 5.75 Å². The van der Waals surface area contributed by atoms with Crippen molar-refractivity contribution in [1.82, 2.24) is 10.2 Å². The first-order valence-electron chi connectivity index (χ1n) is 6.48. The van der Waals surface area contributed by atoms with E-state index in [0.717, 1.165) is 24.6 Å². The monoisotopic (exact) mass is 279 g/mol. The van der Waals surface area contributed by atoms with E-state index in [0.29, 0.717) is 23.8 Å². The molecule has 1 aliphatic heterocycles. The van der Waals surface area contributed by atoms with Gasteiger partial charge in [-0.25, -0.2) is 0 Å². The van der Waals surface area contributed by atoms with Gasteiger partial charge in [-0.1, -0.05) is 0 Å². The highest BCUT2D eigenvalue weighted by Crippen LogP contribution is 2.38. The molecular formula is C14H21N3O3. The van der Waals surface area contributed by atoms with Gasteiger partial charge in [0.05, 0.1) is 27.9 Å². The summed E-state index contributed by atoms with van der Waals surface area (Å²) in [6.45, 7) is 2.45. The zero-order valence-corrected chi connectivity index (χ0v) is 12.4. The van der Waals surface area contributed by atoms with Gasteiger partial charge in [0.1, 0.15) is 0 Å². The van der Waals surface area contributed by atoms with Crippen LogP contribution in [0.3, 0.4) is 0 Å². The number of nitrogens with one attached hydrogen (secondary N) is 1. The maximum Gasteiger partial charge on any atom is 0.203 e. The molecule has 1 N–H and O–H groups in total. The first-order valence-corrected chi connectivity index (χ1v) is 6.48. The Labute approximate surface area is 119 Å². The lowest BCUT2D eigenvalue weighted by atomic mass is 10.2. The summed E-state index contributed by atoms with van der Waals surface area (Å²) in [5.41, 5.74) is 1.04. The molecule has 6 nitrogen and oxygen atoms in total. The molecule has 1 aliphatic rings. The minimum atomic E-state index is 0.606. The van der Waals surface area contributed by atoms with Crippen LogP contribution in [-0.4, -0.2) is 52.3 Å². The third kappa shape index (κ3) is 2.89. The standard InChI is InChI=1S/C14H21N3O3/c1-17-6-5-15-14(17)16-9-10-7-11(18-2)13(20-4)12(8-10)19-3/h7-8H,5-6,9H2,1-4H3,(H,15,16). The van der Waals surface area contributed by atoms with Crippen LogP contribution in [-0.2, 0) is 6.54 Å². The quantitative estimate of drug-likeness (QED) is 0.875. The summed E-state index contributed by atoms with van der Waals surface area (Å²) in [5, 5.41) is 3.31. The molecule has 20 heavy (non-hydrogen) atoms. The van der Waals surface area contributed by atoms with Crippen LogP contribution in [0.2, 0.25) is 0 Å². The number of rotatable bonds is 5. The zero-order chi connectivity index (χ0) is 14.5. The van der Waals surface area contributed by atoms with Crippen molar-refractivity contribution >= 4 is 5.96 Å². The first-order chi connectivity index (χ1) is 9.69. The lowest BCUT2D eigenvalue weighted by Crippen LogP contribution is -2.35. The predicted octanol–water partition coefficient (Wildman–Crippen LogP) is 1.10. The molecule has 0 saturated heterocycles. The predicted molar refractivity (Wildman–Crippen MR) is 77.9 cm³/mol. The Morgan fingerprint density at radius 2 is 1.80 bits per heavy atom. The summed E-state index contributed by atoms with van der Waals surface area (Å²) >= 11 is 0. The lowest BCUT2D eigenvalue weighted by molar-refractivity contribution is 0.323. The van der Waals surface area contributed by atoms with Gasteiger partial charge in [-0.2, -0.15) is 0 Å². The van der Waals surface area contributed by atoms with Crippen LogP contribution in [0, 0.1) is 0 Å². The minimum absolute atomic E-state index is 0.606. The molecule has 0 unspecified atom stereocenters. The molecule has 0 fully saturated rings. The molecule has 0 bridgehead atoms. The van der Waals surface area contributed by atoms with Crippen LogP contribution < -0.4 is 19.5 Å². The van der Waals surface area contributed by atoms with Crippen molar-refractivity contribution in [2.45, 2.75) is 6.54 Å². The number of ether oxygens (including phenoxy) is 3. The molecule has 0 amide bonds. The topological polar surface area (TPSA) is 55.3 Å². The fourth-order valence-corrected chi connectivity index (χ4v) is 2.14. The normalized spacial score (nSPS) is 14.0. The van der Waals surface area contributed by atoms with Crippen LogP contribution >= 0.6 is 0 Å². The van der Waals surface area contributed by atoms with E-state index in [1.807, 2.05) is 19.2 Å². The van der Waals surface area contributed by atoms with Gasteiger partial charge in [0, 0.05) is 20.1 Å². The van der Waals surface area contributed by atoms with Crippen molar-refractivity contribution in [2.24, 2.45) is 4.99 Å². The molecule has 0 saturated carbocycles. The number of methoxy groups -OCH3 is 3. The Bertz CT molecular complexity index is 477. The Hall–Kier alpha value is -2.11. The van der Waals surface area contributed by atoms with Gasteiger partial charge in [-0.3, -0.25) is 4.99 Å². The summed E-state index contributed by atoms with van der Waals surface area (Å²) in [4.78, 5) is 6.49. The number of hydrogen-bond acceptors (Lipinski definition) is 6. The molecule has 110 valence electrons. The molecule has 1 heterocycles. The number of guanidine groups is 1. The average molecular weight is 279 g/mol. The molecule has 0 spiro atoms. The first kappa shape index (κ1) is 14.3. The minimum Gasteiger partial charge on any atom is -0.493 e. The highest BCUT2D eigenvalue weighted by molar-refractivity contribution is 5.81. The van der Waals surface area contributed by atoms with Gasteiger partial charge < -0.3 is 24.4 Å². The summed E-state index contributed by atoms with van der Waals surface area (Å²) in [6.07, 6.45) is 0. The van der Waals surface area contributed by atoms with Gasteiger partial charge >= 0.3 is 0 Å². The van der Waals surface area contributed by atoms with E-state index in [4.69, 9.17) is 14.2 Å². The molecule has 2 rings (SSSR count). The van der Waals surface area contributed by atoms with Crippen molar-refractivity contribution in [3.8, 4) is 17.2 Å². The van der Waals surface area contributed by atoms with Crippen molar-refractivity contribution in [1.29, 1.82) is 0 Å². The summed E-state index contributed by atoms with van der Waals surface area (Å²) in [6, 6.07) is 3.87. The molecule has 0 aliphatic carbocycles. The van der Waals surface area contributed by atoms with Crippen molar-refractivity contribution < 1.29 is 14.2 Å². The van der Waals surface area contributed by atoms with Crippen molar-refractivity contribution in [2.75, 3.05) is 41.5 Å². The number of benzene rings is 1. The third-order valence-corrected chi connectivity index (χ3v) is 3.23. The van der Waals surface area contributed by atoms with E-state index in [1.165, 1.54) is 0 Å². The maximum atomic E-state index is 5.34. The van der Waals surface area contributed by atoms with Crippen LogP contribution in [0.4, 0.5) is 0 Å². The van der Waals surface area contributed by atoms with E-state index in [2.05, 4.69) is 15.2 Å². The number of likely N-dealkylation sites (N-methyl/N-ethyl adjacent to an activating group) is 1. The van der Waals surface area contributed by atoms with Crippen LogP contribution in [0.1, 0.15) is 5.56 Å². The second-order valence-corrected chi connectivity index (χ2v) is 4.51. The van der Waals surface area contributed by atoms with Crippen LogP contribution in [0.25, 0.3) is 0 Å². The Balaban J connectivity index is 2.15. The number of hydrogen-bond donors (Lipinski definition) is 1. The second kappa shape index (κ2) is 6.36. The molecule has 0 atom stereocenters. The average Bonchev–Trinajstić information content (AvgIpc) is 2.89. The van der Waals surface area contributed by atoms with Crippen molar-refractivity contribution in [3.05, 3.63) is 17.7 Å². The fraction of sp³-hybridized carbons (Fsp3) is 0.500. The number of nitrogens with zero attached hydrogens (tertiary/aromatic N) is 2. The smallest absolute Gasteiger partial charge is 0.203 e. The Morgan fingerprint density at radius 3 is 2.25 bits per heavy atom. The fourth-order valence-electron chi connectivity index (χ4n) is 2.14. The van der Waals surface area contributed by atoms with E-state index in [-0.39, 0.29) is 0 Å². The molecule has 1 aromatic rings. The molecule has 1 aromatic carbocycles. The lowest BCUT2D eigenvalue weighted by Gasteiger charge is -2.17. The Morgan fingerprint density at radius 1 is 1.15 bits per heavy atom. The van der Waals surface area contributed by atoms with Gasteiger partial charge in [-0.05, 0) is 17.7 Å². The van der Waals surface area contributed by atoms with E-state index >= 15 is 0 Å². The second-order valence-electron chi connectivity index (χ2n) is 4.51. The largest absolute Gasteiger partial charge is 0.493 e. The molecular weight excluding hydrogens is 258 g/mol. The Kier molecular flexibility index (Phi) is 4.55. The van der Waals surface area contributed by atoms with E-state index in [9.17, 15) is 0 Å². The summed E-state index contributed by atoms with van der Waals surface area (Å²) in [5.74, 6) is 2.84. The maximum absolute atomic E-state index is 5.34. The number of aliphatic imine (C=N–C) groups is 1. The highest BCUT2D eigenvalue weighted by atomic mass is 16.5. The summed E-state index contributed by atoms with van der Waals surface area (Å²) < 4.78 is 16.0. The van der Waals surface area contributed by atoms with E-state index < -0.39 is 0 Å². The molecule has 0 radical (unpaired) electrons. The van der Waals surface area contributed by atoms with Crippen LogP contribution in [0.5, 0.6) is 17.2 Å². The SMILES string of the molecule is COc1cc(CNC2=NCCN2C)cc(OC)c1OC. The summed E-state index contributed by atoms with van der Waals surface area (Å²) in [7, 11) is 6.85. The molecule has 6 heteroatoms. The van der Waals surface area contributed by atoms with Gasteiger partial charge in [-0.15, -0.1) is 0 Å². The molecule has 0 aromatic heterocycles. The van der Waals surface area contributed by atoms with Crippen LogP contribution in [0.15, 0.2) is 17.1 Å².